The standard InChI is InChI=1S/C27H21FN4O2/c1-27(2,11-12-29)25-24(16-3-5-17(6-4-16)26(33)34)21-13-18-15-30-31-22(18)14-23(21)32(25)20-9-7-19(28)8-10-20/h3-10,13-14H,11,15H2,1-2H3,(H,33,34). The Bertz CT molecular complexity index is 1510. The van der Waals surface area contributed by atoms with Crippen LogP contribution in [0.1, 0.15) is 41.9 Å². The van der Waals surface area contributed by atoms with Crippen molar-refractivity contribution in [1.82, 2.24) is 4.57 Å². The number of aromatic nitrogens is 1. The second kappa shape index (κ2) is 7.92. The lowest BCUT2D eigenvalue weighted by Gasteiger charge is -2.26. The summed E-state index contributed by atoms with van der Waals surface area (Å²) in [7, 11) is 0. The molecule has 0 atom stereocenters. The highest BCUT2D eigenvalue weighted by Gasteiger charge is 2.32. The minimum Gasteiger partial charge on any atom is -0.478 e. The zero-order valence-corrected chi connectivity index (χ0v) is 18.7. The lowest BCUT2D eigenvalue weighted by Crippen LogP contribution is -2.21. The zero-order valence-electron chi connectivity index (χ0n) is 18.7. The summed E-state index contributed by atoms with van der Waals surface area (Å²) in [5, 5.41) is 28.4. The van der Waals surface area contributed by atoms with Gasteiger partial charge in [0.1, 0.15) is 5.82 Å². The van der Waals surface area contributed by atoms with E-state index in [9.17, 15) is 19.6 Å². The maximum atomic E-state index is 13.8. The molecule has 2 heterocycles. The molecule has 0 amide bonds. The maximum Gasteiger partial charge on any atom is 0.335 e. The SMILES string of the molecule is CC(C)(CC#N)c1c(-c2ccc(C(=O)O)cc2)c2cc3c(cc2n1-c1ccc(F)cc1)N=NC3. The van der Waals surface area contributed by atoms with E-state index in [1.807, 2.05) is 19.9 Å². The number of fused-ring (bicyclic) bond motifs is 2. The molecule has 7 heteroatoms. The summed E-state index contributed by atoms with van der Waals surface area (Å²) in [4.78, 5) is 11.4. The van der Waals surface area contributed by atoms with Crippen LogP contribution >= 0.6 is 0 Å². The van der Waals surface area contributed by atoms with Crippen LogP contribution in [0, 0.1) is 17.1 Å². The largest absolute Gasteiger partial charge is 0.478 e. The van der Waals surface area contributed by atoms with E-state index in [2.05, 4.69) is 26.9 Å². The summed E-state index contributed by atoms with van der Waals surface area (Å²) in [6, 6.07) is 19.4. The normalized spacial score (nSPS) is 12.6. The number of halogens is 1. The third-order valence-corrected chi connectivity index (χ3v) is 6.25. The zero-order chi connectivity index (χ0) is 24.0. The van der Waals surface area contributed by atoms with Crippen molar-refractivity contribution in [3.05, 3.63) is 83.3 Å². The Morgan fingerprint density at radius 3 is 2.50 bits per heavy atom. The first kappa shape index (κ1) is 21.5. The quantitative estimate of drug-likeness (QED) is 0.356. The maximum absolute atomic E-state index is 13.8. The molecule has 1 N–H and O–H groups in total. The van der Waals surface area contributed by atoms with E-state index in [1.165, 1.54) is 12.1 Å². The summed E-state index contributed by atoms with van der Waals surface area (Å²) in [6.45, 7) is 4.50. The first-order valence-electron chi connectivity index (χ1n) is 10.9. The topological polar surface area (TPSA) is 90.7 Å². The van der Waals surface area contributed by atoms with Crippen molar-refractivity contribution in [2.45, 2.75) is 32.2 Å². The van der Waals surface area contributed by atoms with Gasteiger partial charge in [-0.1, -0.05) is 26.0 Å². The minimum atomic E-state index is -0.994. The average Bonchev–Trinajstić information content (AvgIpc) is 3.40. The van der Waals surface area contributed by atoms with Gasteiger partial charge in [0.05, 0.1) is 29.4 Å². The van der Waals surface area contributed by atoms with Crippen LogP contribution in [0.15, 0.2) is 70.9 Å². The number of hydrogen-bond acceptors (Lipinski definition) is 4. The van der Waals surface area contributed by atoms with E-state index in [1.54, 1.807) is 36.4 Å². The molecule has 34 heavy (non-hydrogen) atoms. The molecule has 1 aliphatic rings. The highest BCUT2D eigenvalue weighted by molar-refractivity contribution is 6.02. The lowest BCUT2D eigenvalue weighted by atomic mass is 9.81. The predicted octanol–water partition coefficient (Wildman–Crippen LogP) is 6.92. The fourth-order valence-electron chi connectivity index (χ4n) is 4.63. The van der Waals surface area contributed by atoms with Crippen molar-refractivity contribution in [2.24, 2.45) is 10.2 Å². The number of nitriles is 1. The molecule has 1 aromatic heterocycles. The van der Waals surface area contributed by atoms with Gasteiger partial charge >= 0.3 is 5.97 Å². The Hall–Kier alpha value is -4.31. The average molecular weight is 452 g/mol. The molecule has 0 aliphatic carbocycles. The van der Waals surface area contributed by atoms with Gasteiger partial charge in [0.2, 0.25) is 0 Å². The molecule has 0 spiro atoms. The third kappa shape index (κ3) is 3.44. The summed E-state index contributed by atoms with van der Waals surface area (Å²) >= 11 is 0. The molecule has 6 nitrogen and oxygen atoms in total. The van der Waals surface area contributed by atoms with Crippen LogP contribution in [0.25, 0.3) is 27.7 Å². The van der Waals surface area contributed by atoms with E-state index in [-0.39, 0.29) is 17.8 Å². The molecule has 0 bridgehead atoms. The van der Waals surface area contributed by atoms with Gasteiger partial charge in [-0.05, 0) is 54.1 Å². The van der Waals surface area contributed by atoms with Crippen molar-refractivity contribution < 1.29 is 14.3 Å². The molecule has 0 fully saturated rings. The molecule has 5 rings (SSSR count). The first-order valence-corrected chi connectivity index (χ1v) is 10.9. The van der Waals surface area contributed by atoms with Crippen LogP contribution in [0.3, 0.4) is 0 Å². The molecular weight excluding hydrogens is 431 g/mol. The van der Waals surface area contributed by atoms with Gasteiger partial charge in [-0.25, -0.2) is 9.18 Å². The van der Waals surface area contributed by atoms with E-state index in [0.717, 1.165) is 44.7 Å². The van der Waals surface area contributed by atoms with Crippen LogP contribution < -0.4 is 0 Å². The number of carbonyl (C=O) groups is 1. The van der Waals surface area contributed by atoms with Crippen molar-refractivity contribution in [3.8, 4) is 22.9 Å². The van der Waals surface area contributed by atoms with E-state index in [4.69, 9.17) is 0 Å². The Kier molecular flexibility index (Phi) is 5.02. The molecule has 4 aromatic rings. The van der Waals surface area contributed by atoms with E-state index >= 15 is 0 Å². The van der Waals surface area contributed by atoms with Crippen molar-refractivity contribution in [1.29, 1.82) is 5.26 Å². The molecule has 168 valence electrons. The Morgan fingerprint density at radius 2 is 1.85 bits per heavy atom. The Labute approximate surface area is 195 Å². The van der Waals surface area contributed by atoms with E-state index in [0.29, 0.717) is 6.54 Å². The van der Waals surface area contributed by atoms with Crippen LogP contribution in [0.4, 0.5) is 10.1 Å². The Balaban J connectivity index is 1.92. The smallest absolute Gasteiger partial charge is 0.335 e. The number of azo groups is 1. The molecule has 0 radical (unpaired) electrons. The van der Waals surface area contributed by atoms with E-state index < -0.39 is 11.4 Å². The number of rotatable bonds is 5. The number of carboxylic acid groups (broad SMARTS) is 1. The van der Waals surface area contributed by atoms with Crippen LogP contribution in [0.2, 0.25) is 0 Å². The minimum absolute atomic E-state index is 0.197. The molecule has 1 aliphatic heterocycles. The van der Waals surface area contributed by atoms with Crippen LogP contribution in [0.5, 0.6) is 0 Å². The van der Waals surface area contributed by atoms with Crippen molar-refractivity contribution in [2.75, 3.05) is 0 Å². The summed E-state index contributed by atoms with van der Waals surface area (Å²) in [5.41, 5.74) is 5.66. The van der Waals surface area contributed by atoms with Gasteiger partial charge in [0, 0.05) is 39.7 Å². The molecular formula is C27H21FN4O2. The number of carboxylic acids is 1. The molecule has 0 saturated heterocycles. The fraction of sp³-hybridized carbons (Fsp3) is 0.185. The van der Waals surface area contributed by atoms with Gasteiger partial charge < -0.3 is 9.67 Å². The Morgan fingerprint density at radius 1 is 1.15 bits per heavy atom. The van der Waals surface area contributed by atoms with Gasteiger partial charge in [0.25, 0.3) is 0 Å². The molecule has 0 saturated carbocycles. The van der Waals surface area contributed by atoms with Crippen LogP contribution in [-0.4, -0.2) is 15.6 Å². The van der Waals surface area contributed by atoms with Crippen molar-refractivity contribution >= 4 is 22.6 Å². The number of benzene rings is 3. The second-order valence-corrected chi connectivity index (χ2v) is 9.03. The highest BCUT2D eigenvalue weighted by atomic mass is 19.1. The van der Waals surface area contributed by atoms with Gasteiger partial charge in [0.15, 0.2) is 0 Å². The predicted molar refractivity (Wildman–Crippen MR) is 127 cm³/mol. The fourth-order valence-corrected chi connectivity index (χ4v) is 4.63. The van der Waals surface area contributed by atoms with Gasteiger partial charge in [-0.2, -0.15) is 15.5 Å². The lowest BCUT2D eigenvalue weighted by molar-refractivity contribution is 0.0697. The summed E-state index contributed by atoms with van der Waals surface area (Å²) < 4.78 is 15.9. The summed E-state index contributed by atoms with van der Waals surface area (Å²) in [6.07, 6.45) is 0.254. The molecule has 3 aromatic carbocycles. The van der Waals surface area contributed by atoms with Gasteiger partial charge in [-0.3, -0.25) is 0 Å². The molecule has 0 unspecified atom stereocenters. The highest BCUT2D eigenvalue weighted by Crippen LogP contribution is 2.46. The number of aromatic carboxylic acids is 1. The van der Waals surface area contributed by atoms with Crippen LogP contribution in [-0.2, 0) is 12.0 Å². The third-order valence-electron chi connectivity index (χ3n) is 6.25. The second-order valence-electron chi connectivity index (χ2n) is 9.03. The summed E-state index contributed by atoms with van der Waals surface area (Å²) in [5.74, 6) is -1.33. The monoisotopic (exact) mass is 452 g/mol. The van der Waals surface area contributed by atoms with Crippen molar-refractivity contribution in [3.63, 3.8) is 0 Å². The van der Waals surface area contributed by atoms with Gasteiger partial charge in [-0.15, -0.1) is 0 Å². The number of hydrogen-bond donors (Lipinski definition) is 1. The first-order chi connectivity index (χ1) is 16.3. The number of nitrogens with zero attached hydrogens (tertiary/aromatic N) is 4.